The number of benzene rings is 1. The number of hydrogen-bond acceptors (Lipinski definition) is 2. The summed E-state index contributed by atoms with van der Waals surface area (Å²) in [6.45, 7) is 9.69. The molecule has 2 rings (SSSR count). The molecule has 1 N–H and O–H groups in total. The topological polar surface area (TPSA) is 24.9 Å². The lowest BCUT2D eigenvalue weighted by atomic mass is 9.92. The van der Waals surface area contributed by atoms with Crippen LogP contribution in [0, 0.1) is 20.8 Å². The van der Waals surface area contributed by atoms with Gasteiger partial charge >= 0.3 is 0 Å². The maximum Gasteiger partial charge on any atom is 0.0597 e. The number of aryl methyl sites for hydroxylation is 3. The highest BCUT2D eigenvalue weighted by molar-refractivity contribution is 5.40. The summed E-state index contributed by atoms with van der Waals surface area (Å²) in [5, 5.41) is 3.66. The Labute approximate surface area is 122 Å². The number of nitrogens with one attached hydrogen (secondary N) is 1. The molecule has 2 nitrogen and oxygen atoms in total. The molecule has 0 radical (unpaired) electrons. The average molecular weight is 268 g/mol. The molecule has 0 fully saturated rings. The number of rotatable bonds is 5. The molecule has 0 saturated carbocycles. The summed E-state index contributed by atoms with van der Waals surface area (Å²) in [7, 11) is 0. The number of pyridine rings is 1. The van der Waals surface area contributed by atoms with Gasteiger partial charge in [-0.3, -0.25) is 4.98 Å². The Bertz CT molecular complexity index is 575. The first-order valence-corrected chi connectivity index (χ1v) is 7.34. The van der Waals surface area contributed by atoms with E-state index in [2.05, 4.69) is 62.3 Å². The van der Waals surface area contributed by atoms with E-state index >= 15 is 0 Å². The summed E-state index contributed by atoms with van der Waals surface area (Å²) in [5.41, 5.74) is 6.55. The van der Waals surface area contributed by atoms with Crippen LogP contribution >= 0.6 is 0 Å². The molecule has 0 aliphatic heterocycles. The molecule has 20 heavy (non-hydrogen) atoms. The molecule has 1 atom stereocenters. The van der Waals surface area contributed by atoms with Crippen molar-refractivity contribution in [2.24, 2.45) is 0 Å². The number of hydrogen-bond donors (Lipinski definition) is 1. The Morgan fingerprint density at radius 3 is 2.50 bits per heavy atom. The summed E-state index contributed by atoms with van der Waals surface area (Å²) in [4.78, 5) is 4.31. The lowest BCUT2D eigenvalue weighted by Gasteiger charge is -2.23. The van der Waals surface area contributed by atoms with Crippen molar-refractivity contribution in [3.63, 3.8) is 0 Å². The Hall–Kier alpha value is -1.67. The van der Waals surface area contributed by atoms with Crippen LogP contribution in [0.3, 0.4) is 0 Å². The van der Waals surface area contributed by atoms with E-state index in [4.69, 9.17) is 0 Å². The molecule has 2 heteroatoms. The van der Waals surface area contributed by atoms with Crippen LogP contribution in [-0.2, 0) is 0 Å². The van der Waals surface area contributed by atoms with E-state index < -0.39 is 0 Å². The first-order chi connectivity index (χ1) is 9.63. The maximum absolute atomic E-state index is 4.31. The van der Waals surface area contributed by atoms with Gasteiger partial charge < -0.3 is 5.32 Å². The fraction of sp³-hybridized carbons (Fsp3) is 0.389. The van der Waals surface area contributed by atoms with Crippen LogP contribution < -0.4 is 5.32 Å². The van der Waals surface area contributed by atoms with Gasteiger partial charge in [-0.25, -0.2) is 0 Å². The van der Waals surface area contributed by atoms with E-state index in [0.29, 0.717) is 0 Å². The SMILES string of the molecule is CCCNC(c1ccc(C)cc1C)c1cnccc1C. The van der Waals surface area contributed by atoms with E-state index in [1.54, 1.807) is 0 Å². The van der Waals surface area contributed by atoms with Crippen molar-refractivity contribution in [1.29, 1.82) is 0 Å². The lowest BCUT2D eigenvalue weighted by Crippen LogP contribution is -2.24. The van der Waals surface area contributed by atoms with Crippen molar-refractivity contribution >= 4 is 0 Å². The van der Waals surface area contributed by atoms with Gasteiger partial charge in [0.25, 0.3) is 0 Å². The Morgan fingerprint density at radius 1 is 1.05 bits per heavy atom. The molecular formula is C18H24N2. The van der Waals surface area contributed by atoms with E-state index in [1.807, 2.05) is 12.4 Å². The molecule has 0 spiro atoms. The second-order valence-corrected chi connectivity index (χ2v) is 5.48. The smallest absolute Gasteiger partial charge is 0.0597 e. The van der Waals surface area contributed by atoms with Crippen LogP contribution in [0.15, 0.2) is 36.7 Å². The van der Waals surface area contributed by atoms with Gasteiger partial charge in [0.05, 0.1) is 6.04 Å². The predicted octanol–water partition coefficient (Wildman–Crippen LogP) is 4.10. The monoisotopic (exact) mass is 268 g/mol. The van der Waals surface area contributed by atoms with E-state index in [9.17, 15) is 0 Å². The summed E-state index contributed by atoms with van der Waals surface area (Å²) in [6.07, 6.45) is 4.97. The highest BCUT2D eigenvalue weighted by Crippen LogP contribution is 2.27. The van der Waals surface area contributed by atoms with Crippen molar-refractivity contribution in [3.8, 4) is 0 Å². The minimum absolute atomic E-state index is 0.226. The Kier molecular flexibility index (Phi) is 4.91. The summed E-state index contributed by atoms with van der Waals surface area (Å²) < 4.78 is 0. The summed E-state index contributed by atoms with van der Waals surface area (Å²) in [5.74, 6) is 0. The third-order valence-electron chi connectivity index (χ3n) is 3.73. The standard InChI is InChI=1S/C18H24N2/c1-5-9-20-18(17-12-19-10-8-14(17)3)16-7-6-13(2)11-15(16)4/h6-8,10-12,18,20H,5,9H2,1-4H3. The van der Waals surface area contributed by atoms with Gasteiger partial charge in [0, 0.05) is 12.4 Å². The first kappa shape index (κ1) is 14.7. The highest BCUT2D eigenvalue weighted by atomic mass is 14.9. The van der Waals surface area contributed by atoms with Crippen LogP contribution in [0.25, 0.3) is 0 Å². The third-order valence-corrected chi connectivity index (χ3v) is 3.73. The van der Waals surface area contributed by atoms with Crippen molar-refractivity contribution in [2.75, 3.05) is 6.54 Å². The fourth-order valence-corrected chi connectivity index (χ4v) is 2.60. The quantitative estimate of drug-likeness (QED) is 0.883. The molecule has 0 aliphatic rings. The molecule has 106 valence electrons. The molecule has 0 amide bonds. The van der Waals surface area contributed by atoms with Gasteiger partial charge in [-0.05, 0) is 62.1 Å². The largest absolute Gasteiger partial charge is 0.306 e. The van der Waals surface area contributed by atoms with Gasteiger partial charge in [-0.2, -0.15) is 0 Å². The zero-order valence-corrected chi connectivity index (χ0v) is 12.9. The molecule has 0 saturated heterocycles. The molecule has 1 aromatic carbocycles. The van der Waals surface area contributed by atoms with Crippen LogP contribution in [0.1, 0.15) is 47.2 Å². The van der Waals surface area contributed by atoms with Gasteiger partial charge in [0.2, 0.25) is 0 Å². The Morgan fingerprint density at radius 2 is 1.85 bits per heavy atom. The van der Waals surface area contributed by atoms with Gasteiger partial charge in [-0.15, -0.1) is 0 Å². The molecule has 0 aliphatic carbocycles. The van der Waals surface area contributed by atoms with Crippen molar-refractivity contribution in [2.45, 2.75) is 40.2 Å². The fourth-order valence-electron chi connectivity index (χ4n) is 2.60. The van der Waals surface area contributed by atoms with Gasteiger partial charge in [0.1, 0.15) is 0 Å². The van der Waals surface area contributed by atoms with E-state index in [-0.39, 0.29) is 6.04 Å². The van der Waals surface area contributed by atoms with E-state index in [1.165, 1.54) is 27.8 Å². The molecule has 1 aromatic heterocycles. The molecule has 1 heterocycles. The van der Waals surface area contributed by atoms with Crippen LogP contribution in [0.5, 0.6) is 0 Å². The summed E-state index contributed by atoms with van der Waals surface area (Å²) in [6, 6.07) is 8.99. The zero-order valence-electron chi connectivity index (χ0n) is 12.9. The lowest BCUT2D eigenvalue weighted by molar-refractivity contribution is 0.592. The summed E-state index contributed by atoms with van der Waals surface area (Å²) >= 11 is 0. The van der Waals surface area contributed by atoms with E-state index in [0.717, 1.165) is 13.0 Å². The first-order valence-electron chi connectivity index (χ1n) is 7.34. The molecule has 1 unspecified atom stereocenters. The van der Waals surface area contributed by atoms with Crippen molar-refractivity contribution < 1.29 is 0 Å². The molecule has 0 bridgehead atoms. The van der Waals surface area contributed by atoms with Gasteiger partial charge in [-0.1, -0.05) is 30.7 Å². The van der Waals surface area contributed by atoms with Gasteiger partial charge in [0.15, 0.2) is 0 Å². The molecule has 2 aromatic rings. The maximum atomic E-state index is 4.31. The average Bonchev–Trinajstić information content (AvgIpc) is 2.42. The predicted molar refractivity (Wildman–Crippen MR) is 85.0 cm³/mol. The van der Waals surface area contributed by atoms with Crippen molar-refractivity contribution in [3.05, 3.63) is 64.5 Å². The van der Waals surface area contributed by atoms with Crippen LogP contribution in [0.4, 0.5) is 0 Å². The second kappa shape index (κ2) is 6.67. The third kappa shape index (κ3) is 3.26. The highest BCUT2D eigenvalue weighted by Gasteiger charge is 2.17. The minimum atomic E-state index is 0.226. The number of aromatic nitrogens is 1. The van der Waals surface area contributed by atoms with Crippen LogP contribution in [0.2, 0.25) is 0 Å². The normalized spacial score (nSPS) is 12.4. The Balaban J connectivity index is 2.44. The number of nitrogens with zero attached hydrogens (tertiary/aromatic N) is 1. The van der Waals surface area contributed by atoms with Crippen molar-refractivity contribution in [1.82, 2.24) is 10.3 Å². The second-order valence-electron chi connectivity index (χ2n) is 5.48. The zero-order chi connectivity index (χ0) is 14.5. The molecular weight excluding hydrogens is 244 g/mol. The minimum Gasteiger partial charge on any atom is -0.306 e. The van der Waals surface area contributed by atoms with Crippen LogP contribution in [-0.4, -0.2) is 11.5 Å².